The van der Waals surface area contributed by atoms with Crippen molar-refractivity contribution in [1.29, 1.82) is 0 Å². The van der Waals surface area contributed by atoms with Crippen molar-refractivity contribution in [2.45, 2.75) is 73.1 Å². The summed E-state index contributed by atoms with van der Waals surface area (Å²) in [5, 5.41) is 13.1. The largest absolute Gasteiger partial charge is 0.499 e. The number of carbonyl (C=O) groups is 5. The summed E-state index contributed by atoms with van der Waals surface area (Å²) in [5.74, 6) is -0.934. The minimum absolute atomic E-state index is 0.0427. The van der Waals surface area contributed by atoms with Gasteiger partial charge in [0.2, 0.25) is 29.6 Å². The lowest BCUT2D eigenvalue weighted by Gasteiger charge is -2.31. The molecule has 7 rings (SSSR count). The summed E-state index contributed by atoms with van der Waals surface area (Å²) in [7, 11) is 3.42. The minimum Gasteiger partial charge on any atom is -0.499 e. The Morgan fingerprint density at radius 2 is 1.60 bits per heavy atom. The van der Waals surface area contributed by atoms with Crippen molar-refractivity contribution in [3.05, 3.63) is 81.9 Å². The third-order valence-corrected chi connectivity index (χ3v) is 11.9. The molecule has 5 heterocycles. The van der Waals surface area contributed by atoms with E-state index in [2.05, 4.69) is 21.2 Å². The zero-order valence-electron chi connectivity index (χ0n) is 39.3. The van der Waals surface area contributed by atoms with E-state index in [1.165, 1.54) is 19.2 Å². The number of amides is 5. The number of ether oxygens (including phenoxy) is 2. The van der Waals surface area contributed by atoms with Crippen molar-refractivity contribution >= 4 is 64.3 Å². The van der Waals surface area contributed by atoms with E-state index in [0.717, 1.165) is 6.54 Å². The van der Waals surface area contributed by atoms with Gasteiger partial charge in [-0.25, -0.2) is 15.4 Å². The Hall–Kier alpha value is -7.26. The first-order valence-electron chi connectivity index (χ1n) is 22.2. The maximum Gasteiger partial charge on any atom is 0.276 e. The number of hydrogen-bond donors (Lipinski definition) is 5. The number of allylic oxidation sites excluding steroid dienone is 2. The van der Waals surface area contributed by atoms with E-state index in [1.807, 2.05) is 63.9 Å². The number of primary amides is 2. The molecule has 3 aromatic heterocycles. The Kier molecular flexibility index (Phi) is 13.7. The molecule has 5 amide bonds. The lowest BCUT2D eigenvalue weighted by atomic mass is 9.82. The van der Waals surface area contributed by atoms with Crippen molar-refractivity contribution in [2.24, 2.45) is 16.9 Å². The fourth-order valence-electron chi connectivity index (χ4n) is 8.38. The number of benzene rings is 1. The maximum absolute atomic E-state index is 13.9. The van der Waals surface area contributed by atoms with Crippen molar-refractivity contribution in [3.8, 4) is 5.75 Å². The summed E-state index contributed by atoms with van der Waals surface area (Å²) in [6.07, 6.45) is 11.1. The van der Waals surface area contributed by atoms with Crippen LogP contribution in [0.1, 0.15) is 67.6 Å². The first-order chi connectivity index (χ1) is 31.8. The van der Waals surface area contributed by atoms with E-state index in [1.54, 1.807) is 55.8 Å². The fraction of sp³-hybridized carbons (Fsp3) is 0.435. The molecule has 0 saturated carbocycles. The molecule has 7 N–H and O–H groups in total. The molecule has 0 radical (unpaired) electrons. The predicted molar refractivity (Wildman–Crippen MR) is 251 cm³/mol. The van der Waals surface area contributed by atoms with Crippen LogP contribution in [0.2, 0.25) is 0 Å². The van der Waals surface area contributed by atoms with Crippen LogP contribution >= 0.6 is 0 Å². The molecular weight excluding hydrogens is 861 g/mol. The summed E-state index contributed by atoms with van der Waals surface area (Å²) in [5.41, 5.74) is 15.8. The summed E-state index contributed by atoms with van der Waals surface area (Å²) in [4.78, 5) is 79.0. The fourth-order valence-corrected chi connectivity index (χ4v) is 8.38. The summed E-state index contributed by atoms with van der Waals surface area (Å²) >= 11 is 0. The van der Waals surface area contributed by atoms with E-state index >= 15 is 0 Å². The number of aryl methyl sites for hydroxylation is 2. The second-order valence-corrected chi connectivity index (χ2v) is 17.6. The SMILES string of the molecule is CCN1NC(C)(C)C=C1C(=O)Nc1nc2c(n1C/C=C/Cn1c(NC(=O)c3cc(C)nn3CC)nc3cc(C(N)=O)cc(OC/C=C/CN4CCN(C)CC4=O)c31)=C(OC)CC(C)(C(N)=O)C=2. The number of fused-ring (bicyclic) bond motifs is 2. The van der Waals surface area contributed by atoms with E-state index in [4.69, 9.17) is 30.9 Å². The van der Waals surface area contributed by atoms with Gasteiger partial charge in [0.15, 0.2) is 0 Å². The molecule has 1 aliphatic carbocycles. The molecule has 1 fully saturated rings. The first kappa shape index (κ1) is 47.7. The van der Waals surface area contributed by atoms with Crippen LogP contribution in [0.5, 0.6) is 5.75 Å². The van der Waals surface area contributed by atoms with Crippen LogP contribution in [0.25, 0.3) is 22.9 Å². The third kappa shape index (κ3) is 10.1. The molecule has 1 aromatic carbocycles. The Balaban J connectivity index is 1.25. The van der Waals surface area contributed by atoms with Crippen LogP contribution in [0.4, 0.5) is 11.9 Å². The maximum atomic E-state index is 13.9. The van der Waals surface area contributed by atoms with Gasteiger partial charge in [-0.2, -0.15) is 5.10 Å². The second-order valence-electron chi connectivity index (χ2n) is 17.6. The highest BCUT2D eigenvalue weighted by atomic mass is 16.5. The topological polar surface area (TPSA) is 255 Å². The van der Waals surface area contributed by atoms with Gasteiger partial charge < -0.3 is 40.0 Å². The number of hydrazine groups is 1. The van der Waals surface area contributed by atoms with Crippen LogP contribution in [-0.4, -0.2) is 132 Å². The van der Waals surface area contributed by atoms with Gasteiger partial charge in [0.25, 0.3) is 11.8 Å². The molecule has 3 aliphatic rings. The van der Waals surface area contributed by atoms with Crippen LogP contribution in [0.15, 0.2) is 54.3 Å². The molecule has 21 nitrogen and oxygen atoms in total. The van der Waals surface area contributed by atoms with Gasteiger partial charge in [0.1, 0.15) is 40.4 Å². The highest BCUT2D eigenvalue weighted by Crippen LogP contribution is 2.32. The number of carbonyl (C=O) groups excluding carboxylic acids is 5. The molecule has 356 valence electrons. The van der Waals surface area contributed by atoms with Crippen molar-refractivity contribution in [2.75, 3.05) is 64.1 Å². The molecule has 4 aromatic rings. The molecule has 1 saturated heterocycles. The molecule has 0 spiro atoms. The van der Waals surface area contributed by atoms with Crippen LogP contribution < -0.4 is 43.0 Å². The van der Waals surface area contributed by atoms with Crippen LogP contribution in [-0.2, 0) is 38.8 Å². The second kappa shape index (κ2) is 19.3. The molecule has 1 atom stereocenters. The number of hydrogen-bond acceptors (Lipinski definition) is 13. The normalized spacial score (nSPS) is 18.4. The number of aromatic nitrogens is 6. The van der Waals surface area contributed by atoms with E-state index in [0.29, 0.717) is 77.3 Å². The standard InChI is InChI=1S/C46H60N14O7/c1-9-59-32(21-28(3)53-59)40(63)51-43-49-30-22-29(39(47)62)23-34(67-20-14-13-15-56-19-18-55(7)27-36(56)61)37(30)57(43)16-11-12-17-58-38-31(24-46(6,42(48)65)26-35(38)66-8)50-44(58)52-41(64)33-25-45(4,5)54-60(33)10-2/h11-14,21-25,54H,9-10,15-20,26-27H2,1-8H3,(H2,47,62)(H2,48,65)(H,49,51,63)(H,50,52,64)/b12-11+,14-13+. The van der Waals surface area contributed by atoms with Crippen molar-refractivity contribution in [1.82, 2.24) is 49.1 Å². The monoisotopic (exact) mass is 920 g/mol. The molecule has 1 unspecified atom stereocenters. The number of imidazole rings is 2. The van der Waals surface area contributed by atoms with Crippen molar-refractivity contribution < 1.29 is 33.4 Å². The number of rotatable bonds is 18. The Morgan fingerprint density at radius 3 is 2.27 bits per heavy atom. The van der Waals surface area contributed by atoms with Crippen LogP contribution in [0, 0.1) is 12.3 Å². The number of nitrogens with zero attached hydrogens (tertiary/aromatic N) is 9. The third-order valence-electron chi connectivity index (χ3n) is 11.9. The van der Waals surface area contributed by atoms with Gasteiger partial charge in [-0.15, -0.1) is 0 Å². The van der Waals surface area contributed by atoms with E-state index < -0.39 is 28.7 Å². The molecule has 0 bridgehead atoms. The Labute approximate surface area is 387 Å². The lowest BCUT2D eigenvalue weighted by Crippen LogP contribution is -2.48. The van der Waals surface area contributed by atoms with Gasteiger partial charge in [-0.3, -0.25) is 44.2 Å². The molecule has 67 heavy (non-hydrogen) atoms. The molecule has 2 aliphatic heterocycles. The average molecular weight is 921 g/mol. The predicted octanol–water partition coefficient (Wildman–Crippen LogP) is 0.946. The molecule has 21 heteroatoms. The van der Waals surface area contributed by atoms with Gasteiger partial charge in [-0.1, -0.05) is 18.2 Å². The van der Waals surface area contributed by atoms with E-state index in [-0.39, 0.29) is 61.1 Å². The van der Waals surface area contributed by atoms with Gasteiger partial charge in [-0.05, 0) is 85.0 Å². The number of piperazine rings is 1. The Morgan fingerprint density at radius 1 is 0.896 bits per heavy atom. The van der Waals surface area contributed by atoms with Gasteiger partial charge in [0, 0.05) is 57.8 Å². The number of anilines is 2. The number of methoxy groups -OCH3 is 1. The zero-order chi connectivity index (χ0) is 48.4. The zero-order valence-corrected chi connectivity index (χ0v) is 39.3. The average Bonchev–Trinajstić information content (AvgIpc) is 4.02. The number of nitrogens with two attached hydrogens (primary N) is 2. The van der Waals surface area contributed by atoms with Crippen molar-refractivity contribution in [3.63, 3.8) is 0 Å². The Bertz CT molecular complexity index is 2850. The van der Waals surface area contributed by atoms with Gasteiger partial charge >= 0.3 is 0 Å². The highest BCUT2D eigenvalue weighted by molar-refractivity contribution is 6.04. The number of likely N-dealkylation sites (N-methyl/N-ethyl adjacent to an activating group) is 2. The number of nitrogens with one attached hydrogen (secondary N) is 3. The summed E-state index contributed by atoms with van der Waals surface area (Å²) < 4.78 is 17.3. The van der Waals surface area contributed by atoms with Gasteiger partial charge in [0.05, 0.1) is 41.2 Å². The first-order valence-corrected chi connectivity index (χ1v) is 22.2. The minimum atomic E-state index is -1.10. The highest BCUT2D eigenvalue weighted by Gasteiger charge is 2.36. The lowest BCUT2D eigenvalue weighted by molar-refractivity contribution is -0.134. The smallest absolute Gasteiger partial charge is 0.276 e. The quantitative estimate of drug-likeness (QED) is 0.0873. The summed E-state index contributed by atoms with van der Waals surface area (Å²) in [6.45, 7) is 14.8. The van der Waals surface area contributed by atoms with E-state index in [9.17, 15) is 24.0 Å². The summed E-state index contributed by atoms with van der Waals surface area (Å²) in [6, 6.07) is 4.76. The van der Waals surface area contributed by atoms with Crippen LogP contribution in [0.3, 0.4) is 0 Å². The molecular formula is C46H60N14O7.